The molecule has 24 heavy (non-hydrogen) atoms. The molecule has 0 atom stereocenters. The molecule has 1 N–H and O–H groups in total. The van der Waals surface area contributed by atoms with E-state index in [2.05, 4.69) is 5.32 Å². The van der Waals surface area contributed by atoms with E-state index in [0.717, 1.165) is 17.9 Å². The van der Waals surface area contributed by atoms with Gasteiger partial charge >= 0.3 is 0 Å². The number of nitrogens with one attached hydrogen (secondary N) is 1. The lowest BCUT2D eigenvalue weighted by molar-refractivity contribution is -0.135. The van der Waals surface area contributed by atoms with Crippen molar-refractivity contribution >= 4 is 17.5 Å². The van der Waals surface area contributed by atoms with Gasteiger partial charge in [-0.2, -0.15) is 0 Å². The molecule has 1 heterocycles. The zero-order valence-electron chi connectivity index (χ0n) is 15.0. The van der Waals surface area contributed by atoms with Gasteiger partial charge in [-0.3, -0.25) is 9.59 Å². The van der Waals surface area contributed by atoms with Crippen LogP contribution in [0.5, 0.6) is 5.75 Å². The Kier molecular flexibility index (Phi) is 5.70. The van der Waals surface area contributed by atoms with E-state index >= 15 is 0 Å². The predicted octanol–water partition coefficient (Wildman–Crippen LogP) is 1.97. The second-order valence-electron chi connectivity index (χ2n) is 6.63. The molecule has 0 spiro atoms. The second kappa shape index (κ2) is 7.55. The highest BCUT2D eigenvalue weighted by Crippen LogP contribution is 2.21. The van der Waals surface area contributed by atoms with Crippen molar-refractivity contribution in [3.05, 3.63) is 24.3 Å². The monoisotopic (exact) mass is 333 g/mol. The molecule has 1 aromatic rings. The Morgan fingerprint density at radius 2 is 1.62 bits per heavy atom. The van der Waals surface area contributed by atoms with Crippen LogP contribution in [0.2, 0.25) is 0 Å². The summed E-state index contributed by atoms with van der Waals surface area (Å²) < 4.78 is 5.15. The Hall–Kier alpha value is -2.24. The number of ether oxygens (including phenoxy) is 1. The third-order valence-electron chi connectivity index (χ3n) is 4.31. The fraction of sp³-hybridized carbons (Fsp3) is 0.556. The summed E-state index contributed by atoms with van der Waals surface area (Å²) in [5.41, 5.74) is 0.148. The molecule has 0 aliphatic carbocycles. The molecule has 1 aromatic carbocycles. The van der Waals surface area contributed by atoms with Crippen LogP contribution >= 0.6 is 0 Å². The number of benzene rings is 1. The van der Waals surface area contributed by atoms with Crippen molar-refractivity contribution < 1.29 is 14.3 Å². The van der Waals surface area contributed by atoms with Crippen LogP contribution in [0.3, 0.4) is 0 Å². The average Bonchev–Trinajstić information content (AvgIpc) is 2.80. The number of amides is 2. The largest absolute Gasteiger partial charge is 0.497 e. The van der Waals surface area contributed by atoms with Gasteiger partial charge in [0.1, 0.15) is 11.3 Å². The summed E-state index contributed by atoms with van der Waals surface area (Å²) in [6, 6.07) is 7.51. The number of carbonyl (C=O) groups is 2. The number of hydrogen-bond donors (Lipinski definition) is 1. The summed E-state index contributed by atoms with van der Waals surface area (Å²) in [5.74, 6) is 0.894. The molecule has 132 valence electrons. The molecule has 6 nitrogen and oxygen atoms in total. The van der Waals surface area contributed by atoms with Gasteiger partial charge in [-0.25, -0.2) is 0 Å². The molecule has 0 radical (unpaired) electrons. The van der Waals surface area contributed by atoms with E-state index in [-0.39, 0.29) is 11.8 Å². The number of carbonyl (C=O) groups excluding carboxylic acids is 2. The Labute approximate surface area is 143 Å². The number of hydrogen-bond acceptors (Lipinski definition) is 4. The SMILES string of the molecule is COc1ccc(NC(C)(C)C(=O)N2CCCN(C(C)=O)CC2)cc1. The van der Waals surface area contributed by atoms with Gasteiger partial charge in [-0.1, -0.05) is 0 Å². The molecule has 0 aromatic heterocycles. The minimum atomic E-state index is -0.722. The maximum Gasteiger partial charge on any atom is 0.247 e. The van der Waals surface area contributed by atoms with Crippen LogP contribution in [0.25, 0.3) is 0 Å². The Bertz CT molecular complexity index is 584. The van der Waals surface area contributed by atoms with Crippen molar-refractivity contribution in [2.24, 2.45) is 0 Å². The van der Waals surface area contributed by atoms with E-state index in [1.54, 1.807) is 18.9 Å². The molecule has 1 saturated heterocycles. The van der Waals surface area contributed by atoms with E-state index in [4.69, 9.17) is 4.74 Å². The fourth-order valence-electron chi connectivity index (χ4n) is 2.92. The highest BCUT2D eigenvalue weighted by molar-refractivity contribution is 5.88. The lowest BCUT2D eigenvalue weighted by atomic mass is 10.0. The standard InChI is InChI=1S/C18H27N3O3/c1-14(22)20-10-5-11-21(13-12-20)17(23)18(2,3)19-15-6-8-16(24-4)9-7-15/h6-9,19H,5,10-13H2,1-4H3. The first-order valence-corrected chi connectivity index (χ1v) is 8.30. The molecule has 6 heteroatoms. The van der Waals surface area contributed by atoms with Crippen LogP contribution in [0.1, 0.15) is 27.2 Å². The molecular formula is C18H27N3O3. The highest BCUT2D eigenvalue weighted by Gasteiger charge is 2.33. The Morgan fingerprint density at radius 1 is 1.04 bits per heavy atom. The lowest BCUT2D eigenvalue weighted by Crippen LogP contribution is -2.51. The van der Waals surface area contributed by atoms with Crippen LogP contribution in [0, 0.1) is 0 Å². The smallest absolute Gasteiger partial charge is 0.247 e. The minimum Gasteiger partial charge on any atom is -0.497 e. The minimum absolute atomic E-state index is 0.0451. The molecule has 1 aliphatic heterocycles. The fourth-order valence-corrected chi connectivity index (χ4v) is 2.92. The van der Waals surface area contributed by atoms with Crippen LogP contribution < -0.4 is 10.1 Å². The highest BCUT2D eigenvalue weighted by atomic mass is 16.5. The first kappa shape index (κ1) is 18.1. The van der Waals surface area contributed by atoms with Gasteiger partial charge in [0.25, 0.3) is 0 Å². The van der Waals surface area contributed by atoms with Crippen LogP contribution in [0.15, 0.2) is 24.3 Å². The van der Waals surface area contributed by atoms with Gasteiger partial charge in [0.05, 0.1) is 7.11 Å². The first-order valence-electron chi connectivity index (χ1n) is 8.30. The van der Waals surface area contributed by atoms with Crippen molar-refractivity contribution in [2.75, 3.05) is 38.6 Å². The van der Waals surface area contributed by atoms with Crippen molar-refractivity contribution in [2.45, 2.75) is 32.7 Å². The number of rotatable bonds is 4. The van der Waals surface area contributed by atoms with Crippen LogP contribution in [-0.4, -0.2) is 60.4 Å². The quantitative estimate of drug-likeness (QED) is 0.915. The summed E-state index contributed by atoms with van der Waals surface area (Å²) in [4.78, 5) is 28.1. The average molecular weight is 333 g/mol. The molecule has 0 unspecified atom stereocenters. The van der Waals surface area contributed by atoms with Gasteiger partial charge in [0, 0.05) is 38.8 Å². The molecule has 1 fully saturated rings. The summed E-state index contributed by atoms with van der Waals surface area (Å²) in [5, 5.41) is 3.29. The molecule has 2 amide bonds. The third-order valence-corrected chi connectivity index (χ3v) is 4.31. The van der Waals surface area contributed by atoms with E-state index in [1.165, 1.54) is 0 Å². The second-order valence-corrected chi connectivity index (χ2v) is 6.63. The van der Waals surface area contributed by atoms with Crippen molar-refractivity contribution in [1.82, 2.24) is 9.80 Å². The molecular weight excluding hydrogens is 306 g/mol. The third kappa shape index (κ3) is 4.40. The number of methoxy groups -OCH3 is 1. The zero-order valence-corrected chi connectivity index (χ0v) is 15.0. The maximum atomic E-state index is 12.9. The molecule has 1 aliphatic rings. The molecule has 0 saturated carbocycles. The van der Waals surface area contributed by atoms with Gasteiger partial charge in [0.2, 0.25) is 11.8 Å². The van der Waals surface area contributed by atoms with Crippen molar-refractivity contribution in [1.29, 1.82) is 0 Å². The summed E-state index contributed by atoms with van der Waals surface area (Å²) in [7, 11) is 1.62. The number of nitrogens with zero attached hydrogens (tertiary/aromatic N) is 2. The van der Waals surface area contributed by atoms with Gasteiger partial charge in [0.15, 0.2) is 0 Å². The summed E-state index contributed by atoms with van der Waals surface area (Å²) >= 11 is 0. The molecule has 2 rings (SSSR count). The van der Waals surface area contributed by atoms with Gasteiger partial charge < -0.3 is 19.9 Å². The van der Waals surface area contributed by atoms with Crippen molar-refractivity contribution in [3.8, 4) is 5.75 Å². The Morgan fingerprint density at radius 3 is 2.21 bits per heavy atom. The summed E-state index contributed by atoms with van der Waals surface area (Å²) in [6.45, 7) is 7.90. The number of anilines is 1. The normalized spacial score (nSPS) is 15.7. The topological polar surface area (TPSA) is 61.9 Å². The van der Waals surface area contributed by atoms with Gasteiger partial charge in [-0.15, -0.1) is 0 Å². The zero-order chi connectivity index (χ0) is 17.7. The maximum absolute atomic E-state index is 12.9. The molecule has 0 bridgehead atoms. The van der Waals surface area contributed by atoms with Crippen LogP contribution in [0.4, 0.5) is 5.69 Å². The van der Waals surface area contributed by atoms with Gasteiger partial charge in [-0.05, 0) is 44.5 Å². The summed E-state index contributed by atoms with van der Waals surface area (Å²) in [6.07, 6.45) is 0.809. The van der Waals surface area contributed by atoms with E-state index in [0.29, 0.717) is 26.2 Å². The van der Waals surface area contributed by atoms with E-state index < -0.39 is 5.54 Å². The van der Waals surface area contributed by atoms with Crippen molar-refractivity contribution in [3.63, 3.8) is 0 Å². The predicted molar refractivity (Wildman–Crippen MR) is 94.1 cm³/mol. The van der Waals surface area contributed by atoms with E-state index in [9.17, 15) is 9.59 Å². The van der Waals surface area contributed by atoms with E-state index in [1.807, 2.05) is 43.0 Å². The Balaban J connectivity index is 2.01. The lowest BCUT2D eigenvalue weighted by Gasteiger charge is -2.32. The van der Waals surface area contributed by atoms with Crippen LogP contribution in [-0.2, 0) is 9.59 Å². The first-order chi connectivity index (χ1) is 11.3.